The Balaban J connectivity index is 1.99. The summed E-state index contributed by atoms with van der Waals surface area (Å²) in [4.78, 5) is 23.8. The molecule has 0 aromatic heterocycles. The first kappa shape index (κ1) is 21.3. The lowest BCUT2D eigenvalue weighted by atomic mass is 10.1. The van der Waals surface area contributed by atoms with Crippen LogP contribution in [0.25, 0.3) is 0 Å². The van der Waals surface area contributed by atoms with Crippen LogP contribution in [-0.2, 0) is 16.1 Å². The molecule has 2 aromatic carbocycles. The Morgan fingerprint density at radius 2 is 1.72 bits per heavy atom. The normalized spacial score (nSPS) is 10.5. The molecule has 0 atom stereocenters. The molecule has 29 heavy (non-hydrogen) atoms. The Bertz CT molecular complexity index is 946. The van der Waals surface area contributed by atoms with Crippen molar-refractivity contribution in [3.8, 4) is 17.6 Å². The molecule has 0 aliphatic heterocycles. The van der Waals surface area contributed by atoms with Gasteiger partial charge in [-0.1, -0.05) is 12.1 Å². The summed E-state index contributed by atoms with van der Waals surface area (Å²) in [7, 11) is 4.33. The van der Waals surface area contributed by atoms with E-state index in [2.05, 4.69) is 15.4 Å². The van der Waals surface area contributed by atoms with Crippen LogP contribution in [0.1, 0.15) is 15.9 Å². The number of nitrogens with one attached hydrogen (secondary N) is 2. The van der Waals surface area contributed by atoms with Gasteiger partial charge in [0.2, 0.25) is 0 Å². The van der Waals surface area contributed by atoms with Crippen molar-refractivity contribution in [1.29, 1.82) is 5.26 Å². The van der Waals surface area contributed by atoms with Gasteiger partial charge >= 0.3 is 5.97 Å². The predicted octanol–water partition coefficient (Wildman–Crippen LogP) is 2.63. The van der Waals surface area contributed by atoms with Gasteiger partial charge in [0.1, 0.15) is 11.6 Å². The zero-order valence-electron chi connectivity index (χ0n) is 16.3. The molecular formula is C21H21N3O5. The minimum atomic E-state index is -0.562. The summed E-state index contributed by atoms with van der Waals surface area (Å²) in [5.74, 6) is 0.0130. The van der Waals surface area contributed by atoms with Crippen LogP contribution in [-0.4, -0.2) is 33.2 Å². The highest BCUT2D eigenvalue weighted by atomic mass is 16.5. The molecule has 0 spiro atoms. The van der Waals surface area contributed by atoms with E-state index in [4.69, 9.17) is 9.47 Å². The van der Waals surface area contributed by atoms with Gasteiger partial charge in [-0.2, -0.15) is 5.26 Å². The van der Waals surface area contributed by atoms with Gasteiger partial charge in [-0.15, -0.1) is 0 Å². The Morgan fingerprint density at radius 3 is 2.31 bits per heavy atom. The fraction of sp³-hybridized carbons (Fsp3) is 0.190. The maximum atomic E-state index is 12.3. The molecule has 0 saturated heterocycles. The standard InChI is InChI=1S/C21H21N3O5/c1-27-18-9-8-17(10-19(18)28-2)24-20(25)16(11-22)13-23-12-14-4-6-15(7-5-14)21(26)29-3/h4-10,13,23H,12H2,1-3H3,(H,24,25)/b16-13-. The van der Waals surface area contributed by atoms with Crippen molar-refractivity contribution >= 4 is 17.6 Å². The maximum Gasteiger partial charge on any atom is 0.337 e. The highest BCUT2D eigenvalue weighted by molar-refractivity contribution is 6.06. The van der Waals surface area contributed by atoms with Crippen molar-refractivity contribution in [1.82, 2.24) is 5.32 Å². The summed E-state index contributed by atoms with van der Waals surface area (Å²) in [6.45, 7) is 0.371. The lowest BCUT2D eigenvalue weighted by Crippen LogP contribution is -2.16. The van der Waals surface area contributed by atoms with E-state index in [1.807, 2.05) is 6.07 Å². The number of hydrogen-bond acceptors (Lipinski definition) is 7. The number of methoxy groups -OCH3 is 3. The highest BCUT2D eigenvalue weighted by Gasteiger charge is 2.11. The number of carbonyl (C=O) groups excluding carboxylic acids is 2. The van der Waals surface area contributed by atoms with Gasteiger partial charge in [0, 0.05) is 24.5 Å². The van der Waals surface area contributed by atoms with Crippen molar-refractivity contribution in [2.24, 2.45) is 0 Å². The third kappa shape index (κ3) is 5.74. The van der Waals surface area contributed by atoms with Gasteiger partial charge in [-0.3, -0.25) is 4.79 Å². The summed E-state index contributed by atoms with van der Waals surface area (Å²) in [5, 5.41) is 14.8. The second-order valence-electron chi connectivity index (χ2n) is 5.76. The van der Waals surface area contributed by atoms with E-state index < -0.39 is 11.9 Å². The third-order valence-electron chi connectivity index (χ3n) is 3.93. The molecule has 0 saturated carbocycles. The van der Waals surface area contributed by atoms with Crippen LogP contribution in [0, 0.1) is 11.3 Å². The van der Waals surface area contributed by atoms with E-state index in [1.54, 1.807) is 42.5 Å². The summed E-state index contributed by atoms with van der Waals surface area (Å²) in [6.07, 6.45) is 1.34. The molecule has 2 N–H and O–H groups in total. The molecule has 1 amide bonds. The molecule has 0 fully saturated rings. The van der Waals surface area contributed by atoms with Gasteiger partial charge in [0.05, 0.1) is 26.9 Å². The predicted molar refractivity (Wildman–Crippen MR) is 106 cm³/mol. The largest absolute Gasteiger partial charge is 0.493 e. The van der Waals surface area contributed by atoms with Crippen molar-refractivity contribution < 1.29 is 23.8 Å². The van der Waals surface area contributed by atoms with Crippen LogP contribution in [0.5, 0.6) is 11.5 Å². The van der Waals surface area contributed by atoms with Crippen LogP contribution in [0.3, 0.4) is 0 Å². The summed E-state index contributed by atoms with van der Waals surface area (Å²) >= 11 is 0. The fourth-order valence-corrected chi connectivity index (χ4v) is 2.41. The number of nitriles is 1. The number of benzene rings is 2. The van der Waals surface area contributed by atoms with E-state index in [9.17, 15) is 14.9 Å². The van der Waals surface area contributed by atoms with Gasteiger partial charge in [0.25, 0.3) is 5.91 Å². The van der Waals surface area contributed by atoms with Crippen molar-refractivity contribution in [2.45, 2.75) is 6.54 Å². The average molecular weight is 395 g/mol. The molecule has 0 radical (unpaired) electrons. The maximum absolute atomic E-state index is 12.3. The molecule has 0 unspecified atom stereocenters. The van der Waals surface area contributed by atoms with Gasteiger partial charge < -0.3 is 24.8 Å². The van der Waals surface area contributed by atoms with Gasteiger partial charge in [0.15, 0.2) is 11.5 Å². The number of amides is 1. The van der Waals surface area contributed by atoms with Crippen molar-refractivity contribution in [3.05, 3.63) is 65.4 Å². The second kappa shape index (κ2) is 10.4. The number of nitrogens with zero attached hydrogens (tertiary/aromatic N) is 1. The number of ether oxygens (including phenoxy) is 3. The Kier molecular flexibility index (Phi) is 7.62. The number of anilines is 1. The number of esters is 1. The first-order valence-electron chi connectivity index (χ1n) is 8.56. The molecule has 2 aromatic rings. The SMILES string of the molecule is COC(=O)c1ccc(CN/C=C(/C#N)C(=O)Nc2ccc(OC)c(OC)c2)cc1. The molecular weight excluding hydrogens is 374 g/mol. The molecule has 150 valence electrons. The smallest absolute Gasteiger partial charge is 0.337 e. The lowest BCUT2D eigenvalue weighted by molar-refractivity contribution is -0.112. The molecule has 0 heterocycles. The fourth-order valence-electron chi connectivity index (χ4n) is 2.41. The van der Waals surface area contributed by atoms with Gasteiger partial charge in [-0.25, -0.2) is 4.79 Å². The first-order valence-corrected chi connectivity index (χ1v) is 8.56. The van der Waals surface area contributed by atoms with Crippen LogP contribution in [0.2, 0.25) is 0 Å². The summed E-state index contributed by atoms with van der Waals surface area (Å²) in [5.41, 5.74) is 1.68. The zero-order valence-corrected chi connectivity index (χ0v) is 16.3. The third-order valence-corrected chi connectivity index (χ3v) is 3.93. The van der Waals surface area contributed by atoms with Crippen LogP contribution >= 0.6 is 0 Å². The minimum Gasteiger partial charge on any atom is -0.493 e. The Morgan fingerprint density at radius 1 is 1.03 bits per heavy atom. The molecule has 2 rings (SSSR count). The van der Waals surface area contributed by atoms with E-state index in [0.29, 0.717) is 29.3 Å². The van der Waals surface area contributed by atoms with Crippen LogP contribution < -0.4 is 20.1 Å². The molecule has 0 bridgehead atoms. The first-order chi connectivity index (χ1) is 14.0. The number of rotatable bonds is 8. The topological polar surface area (TPSA) is 110 Å². The Hall–Kier alpha value is -3.99. The molecule has 8 nitrogen and oxygen atoms in total. The van der Waals surface area contributed by atoms with E-state index in [0.717, 1.165) is 5.56 Å². The van der Waals surface area contributed by atoms with Crippen molar-refractivity contribution in [2.75, 3.05) is 26.6 Å². The summed E-state index contributed by atoms with van der Waals surface area (Å²) < 4.78 is 15.0. The average Bonchev–Trinajstić information content (AvgIpc) is 2.76. The summed E-state index contributed by atoms with van der Waals surface area (Å²) in [6, 6.07) is 13.5. The molecule has 8 heteroatoms. The monoisotopic (exact) mass is 395 g/mol. The van der Waals surface area contributed by atoms with Gasteiger partial charge in [-0.05, 0) is 29.8 Å². The Labute approximate surface area is 168 Å². The molecule has 0 aliphatic rings. The number of carbonyl (C=O) groups is 2. The van der Waals surface area contributed by atoms with Crippen molar-refractivity contribution in [3.63, 3.8) is 0 Å². The van der Waals surface area contributed by atoms with Crippen LogP contribution in [0.4, 0.5) is 5.69 Å². The lowest BCUT2D eigenvalue weighted by Gasteiger charge is -2.10. The van der Waals surface area contributed by atoms with E-state index in [-0.39, 0.29) is 5.57 Å². The minimum absolute atomic E-state index is 0.0917. The van der Waals surface area contributed by atoms with E-state index >= 15 is 0 Å². The highest BCUT2D eigenvalue weighted by Crippen LogP contribution is 2.29. The second-order valence-corrected chi connectivity index (χ2v) is 5.76. The zero-order chi connectivity index (χ0) is 21.2. The van der Waals surface area contributed by atoms with Crippen LogP contribution in [0.15, 0.2) is 54.2 Å². The van der Waals surface area contributed by atoms with E-state index in [1.165, 1.54) is 27.5 Å². The molecule has 0 aliphatic carbocycles. The number of hydrogen-bond donors (Lipinski definition) is 2. The quantitative estimate of drug-likeness (QED) is 0.402.